The van der Waals surface area contributed by atoms with Crippen LogP contribution >= 0.6 is 11.3 Å². The normalized spacial score (nSPS) is 31.9. The van der Waals surface area contributed by atoms with Gasteiger partial charge in [0.1, 0.15) is 5.01 Å². The van der Waals surface area contributed by atoms with Gasteiger partial charge in [-0.15, -0.1) is 11.3 Å². The largest absolute Gasteiger partial charge is 0.307 e. The van der Waals surface area contributed by atoms with Crippen LogP contribution in [0.2, 0.25) is 0 Å². The van der Waals surface area contributed by atoms with Crippen LogP contribution in [-0.4, -0.2) is 36.1 Å². The van der Waals surface area contributed by atoms with Gasteiger partial charge in [-0.2, -0.15) is 0 Å². The molecule has 3 heterocycles. The maximum Gasteiger partial charge on any atom is 0.115 e. The van der Waals surface area contributed by atoms with Crippen LogP contribution in [-0.2, 0) is 11.0 Å². The maximum atomic E-state index is 5.00. The van der Waals surface area contributed by atoms with Gasteiger partial charge in [0.25, 0.3) is 0 Å². The summed E-state index contributed by atoms with van der Waals surface area (Å²) >= 11 is 1.85. The minimum Gasteiger partial charge on any atom is -0.307 e. The summed E-state index contributed by atoms with van der Waals surface area (Å²) in [6.07, 6.45) is 3.85. The Labute approximate surface area is 120 Å². The third kappa shape index (κ3) is 2.05. The van der Waals surface area contributed by atoms with Crippen molar-refractivity contribution in [3.05, 3.63) is 16.1 Å². The van der Waals surface area contributed by atoms with Crippen molar-refractivity contribution in [1.29, 1.82) is 0 Å². The summed E-state index contributed by atoms with van der Waals surface area (Å²) in [6.45, 7) is 9.22. The number of likely N-dealkylation sites (N-methyl/N-ethyl adjacent to an activating group) is 1. The average Bonchev–Trinajstić information content (AvgIpc) is 3.04. The van der Waals surface area contributed by atoms with E-state index in [2.05, 4.69) is 43.4 Å². The van der Waals surface area contributed by atoms with E-state index in [0.717, 1.165) is 0 Å². The Kier molecular flexibility index (Phi) is 3.23. The molecule has 0 amide bonds. The van der Waals surface area contributed by atoms with Crippen LogP contribution in [0.5, 0.6) is 0 Å². The fourth-order valence-electron chi connectivity index (χ4n) is 3.61. The lowest BCUT2D eigenvalue weighted by Crippen LogP contribution is -2.48. The molecule has 3 rings (SSSR count). The van der Waals surface area contributed by atoms with E-state index in [1.807, 2.05) is 11.3 Å². The van der Waals surface area contributed by atoms with Crippen molar-refractivity contribution in [1.82, 2.24) is 15.2 Å². The Balaban J connectivity index is 1.96. The van der Waals surface area contributed by atoms with Crippen LogP contribution in [0.4, 0.5) is 0 Å². The molecule has 2 saturated heterocycles. The van der Waals surface area contributed by atoms with Crippen molar-refractivity contribution in [3.63, 3.8) is 0 Å². The molecule has 0 aromatic carbocycles. The average molecular weight is 279 g/mol. The molecule has 106 valence electrons. The van der Waals surface area contributed by atoms with Crippen LogP contribution in [0.3, 0.4) is 0 Å². The second kappa shape index (κ2) is 4.54. The van der Waals surface area contributed by atoms with E-state index < -0.39 is 0 Å². The van der Waals surface area contributed by atoms with E-state index in [0.29, 0.717) is 6.04 Å². The molecule has 0 radical (unpaired) electrons. The first-order valence-corrected chi connectivity index (χ1v) is 8.25. The monoisotopic (exact) mass is 279 g/mol. The molecule has 2 aliphatic heterocycles. The first kappa shape index (κ1) is 13.5. The van der Waals surface area contributed by atoms with E-state index in [1.54, 1.807) is 0 Å². The highest BCUT2D eigenvalue weighted by Gasteiger charge is 2.51. The molecular formula is C15H25N3S. The predicted molar refractivity (Wildman–Crippen MR) is 80.8 cm³/mol. The minimum absolute atomic E-state index is 0.102. The van der Waals surface area contributed by atoms with Gasteiger partial charge in [-0.3, -0.25) is 4.90 Å². The second-order valence-electron chi connectivity index (χ2n) is 6.95. The van der Waals surface area contributed by atoms with Gasteiger partial charge in [-0.1, -0.05) is 20.8 Å². The van der Waals surface area contributed by atoms with Gasteiger partial charge < -0.3 is 5.32 Å². The third-order valence-corrected chi connectivity index (χ3v) is 5.85. The molecule has 2 fully saturated rings. The summed E-state index contributed by atoms with van der Waals surface area (Å²) in [5, 5.41) is 7.19. The molecule has 19 heavy (non-hydrogen) atoms. The van der Waals surface area contributed by atoms with E-state index in [-0.39, 0.29) is 11.0 Å². The summed E-state index contributed by atoms with van der Waals surface area (Å²) in [5.74, 6) is 0. The number of rotatable bonds is 2. The summed E-state index contributed by atoms with van der Waals surface area (Å²) in [6, 6.07) is 0.650. The number of nitrogens with one attached hydrogen (secondary N) is 1. The zero-order chi connectivity index (χ0) is 13.7. The fraction of sp³-hybridized carbons (Fsp3) is 0.800. The van der Waals surface area contributed by atoms with Gasteiger partial charge >= 0.3 is 0 Å². The Bertz CT molecular complexity index is 462. The van der Waals surface area contributed by atoms with E-state index in [9.17, 15) is 0 Å². The zero-order valence-corrected chi connectivity index (χ0v) is 13.3. The first-order chi connectivity index (χ1) is 8.97. The SMILES string of the molecule is CNC1(c2nc(C(C)(C)C)cs2)CCN2CCCC21. The molecule has 1 aromatic heterocycles. The topological polar surface area (TPSA) is 28.2 Å². The highest BCUT2D eigenvalue weighted by Crippen LogP contribution is 2.44. The van der Waals surface area contributed by atoms with E-state index in [1.165, 1.54) is 43.1 Å². The van der Waals surface area contributed by atoms with Crippen LogP contribution in [0.25, 0.3) is 0 Å². The molecule has 0 bridgehead atoms. The lowest BCUT2D eigenvalue weighted by Gasteiger charge is -2.33. The van der Waals surface area contributed by atoms with E-state index >= 15 is 0 Å². The smallest absolute Gasteiger partial charge is 0.115 e. The third-order valence-electron chi connectivity index (χ3n) is 4.83. The van der Waals surface area contributed by atoms with Crippen LogP contribution in [0, 0.1) is 0 Å². The van der Waals surface area contributed by atoms with Crippen molar-refractivity contribution in [2.45, 2.75) is 57.0 Å². The molecule has 1 N–H and O–H groups in total. The molecule has 0 aliphatic carbocycles. The van der Waals surface area contributed by atoms with Gasteiger partial charge in [0.15, 0.2) is 0 Å². The second-order valence-corrected chi connectivity index (χ2v) is 7.81. The highest BCUT2D eigenvalue weighted by molar-refractivity contribution is 7.09. The van der Waals surface area contributed by atoms with E-state index in [4.69, 9.17) is 4.98 Å². The quantitative estimate of drug-likeness (QED) is 0.902. The molecule has 2 aliphatic rings. The lowest BCUT2D eigenvalue weighted by molar-refractivity contribution is 0.235. The number of fused-ring (bicyclic) bond motifs is 1. The van der Waals surface area contributed by atoms with Crippen molar-refractivity contribution in [3.8, 4) is 0 Å². The number of aromatic nitrogens is 1. The molecule has 2 atom stereocenters. The molecule has 0 spiro atoms. The Hall–Kier alpha value is -0.450. The van der Waals surface area contributed by atoms with Gasteiger partial charge in [-0.25, -0.2) is 4.98 Å². The zero-order valence-electron chi connectivity index (χ0n) is 12.5. The van der Waals surface area contributed by atoms with Crippen LogP contribution in [0.1, 0.15) is 50.7 Å². The Morgan fingerprint density at radius 2 is 2.21 bits per heavy atom. The lowest BCUT2D eigenvalue weighted by atomic mass is 9.88. The predicted octanol–water partition coefficient (Wildman–Crippen LogP) is 2.72. The van der Waals surface area contributed by atoms with Crippen molar-refractivity contribution < 1.29 is 0 Å². The summed E-state index contributed by atoms with van der Waals surface area (Å²) < 4.78 is 0. The molecular weight excluding hydrogens is 254 g/mol. The van der Waals surface area contributed by atoms with Crippen molar-refractivity contribution in [2.75, 3.05) is 20.1 Å². The fourth-order valence-corrected chi connectivity index (χ4v) is 4.94. The van der Waals surface area contributed by atoms with Gasteiger partial charge in [0.2, 0.25) is 0 Å². The minimum atomic E-state index is 0.102. The van der Waals surface area contributed by atoms with Gasteiger partial charge in [-0.05, 0) is 32.9 Å². The summed E-state index contributed by atoms with van der Waals surface area (Å²) in [4.78, 5) is 7.64. The summed E-state index contributed by atoms with van der Waals surface area (Å²) in [5.41, 5.74) is 1.49. The molecule has 2 unspecified atom stereocenters. The van der Waals surface area contributed by atoms with Crippen LogP contribution < -0.4 is 5.32 Å². The Morgan fingerprint density at radius 1 is 1.42 bits per heavy atom. The van der Waals surface area contributed by atoms with Gasteiger partial charge in [0, 0.05) is 23.4 Å². The molecule has 0 saturated carbocycles. The van der Waals surface area contributed by atoms with Gasteiger partial charge in [0.05, 0.1) is 11.2 Å². The highest BCUT2D eigenvalue weighted by atomic mass is 32.1. The van der Waals surface area contributed by atoms with Crippen LogP contribution in [0.15, 0.2) is 5.38 Å². The molecule has 1 aromatic rings. The number of nitrogens with zero attached hydrogens (tertiary/aromatic N) is 2. The number of hydrogen-bond acceptors (Lipinski definition) is 4. The van der Waals surface area contributed by atoms with Crippen molar-refractivity contribution >= 4 is 11.3 Å². The standard InChI is InChI=1S/C15H25N3S/c1-14(2,3)11-10-19-13(17-11)15(16-4)7-9-18-8-5-6-12(15)18/h10,12,16H,5-9H2,1-4H3. The molecule has 4 heteroatoms. The maximum absolute atomic E-state index is 5.00. The molecule has 3 nitrogen and oxygen atoms in total. The van der Waals surface area contributed by atoms with Crippen molar-refractivity contribution in [2.24, 2.45) is 0 Å². The Morgan fingerprint density at radius 3 is 2.84 bits per heavy atom. The first-order valence-electron chi connectivity index (χ1n) is 7.37. The summed E-state index contributed by atoms with van der Waals surface area (Å²) in [7, 11) is 2.11. The number of hydrogen-bond donors (Lipinski definition) is 1. The number of thiazole rings is 1.